The van der Waals surface area contributed by atoms with Gasteiger partial charge in [-0.1, -0.05) is 15.9 Å². The van der Waals surface area contributed by atoms with Crippen LogP contribution in [0.15, 0.2) is 76.3 Å². The summed E-state index contributed by atoms with van der Waals surface area (Å²) in [6.07, 6.45) is 0.706. The van der Waals surface area contributed by atoms with E-state index < -0.39 is 18.0 Å². The van der Waals surface area contributed by atoms with Crippen LogP contribution in [-0.4, -0.2) is 37.9 Å². The summed E-state index contributed by atoms with van der Waals surface area (Å²) in [6, 6.07) is 18.7. The monoisotopic (exact) mass is 540 g/mol. The molecule has 0 bridgehead atoms. The zero-order valence-electron chi connectivity index (χ0n) is 19.5. The van der Waals surface area contributed by atoms with Crippen LogP contribution < -0.4 is 24.4 Å². The quantitative estimate of drug-likeness (QED) is 0.168. The second-order valence-corrected chi connectivity index (χ2v) is 8.12. The minimum Gasteiger partial charge on any atom is -0.494 e. The third-order valence-electron chi connectivity index (χ3n) is 4.68. The Morgan fingerprint density at radius 3 is 2.34 bits per heavy atom. The predicted molar refractivity (Wildman–Crippen MR) is 136 cm³/mol. The van der Waals surface area contributed by atoms with E-state index in [1.807, 2.05) is 19.1 Å². The van der Waals surface area contributed by atoms with E-state index in [2.05, 4.69) is 26.5 Å². The van der Waals surface area contributed by atoms with Crippen LogP contribution in [0.5, 0.6) is 23.0 Å². The number of carbonyl (C=O) groups is 2. The lowest BCUT2D eigenvalue weighted by Crippen LogP contribution is -2.33. The van der Waals surface area contributed by atoms with Crippen molar-refractivity contribution in [1.82, 2.24) is 5.43 Å². The second-order valence-electron chi connectivity index (χ2n) is 7.21. The van der Waals surface area contributed by atoms with E-state index in [0.29, 0.717) is 35.0 Å². The molecule has 1 amide bonds. The maximum absolute atomic E-state index is 12.5. The number of nitrogens with one attached hydrogen (secondary N) is 1. The van der Waals surface area contributed by atoms with Crippen molar-refractivity contribution in [2.45, 2.75) is 20.0 Å². The summed E-state index contributed by atoms with van der Waals surface area (Å²) >= 11 is 3.35. The molecular formula is C26H25BrN2O6. The average molecular weight is 541 g/mol. The molecule has 182 valence electrons. The molecule has 0 aliphatic carbocycles. The number of nitrogens with zero attached hydrogens (tertiary/aromatic N) is 1. The van der Waals surface area contributed by atoms with Crippen LogP contribution in [0.1, 0.15) is 29.8 Å². The molecule has 0 saturated heterocycles. The Balaban J connectivity index is 1.58. The highest BCUT2D eigenvalue weighted by Gasteiger charge is 2.15. The standard InChI is InChI=1S/C26H25BrN2O6/c1-4-33-21-10-6-19(7-11-21)26(31)35-23-14-5-18(15-24(23)32-3)16-28-29-25(30)17(2)34-22-12-8-20(27)9-13-22/h5-17H,4H2,1-3H3,(H,29,30)/b28-16-/t17-/m0/s1. The van der Waals surface area contributed by atoms with Crippen molar-refractivity contribution in [3.63, 3.8) is 0 Å². The van der Waals surface area contributed by atoms with Gasteiger partial charge in [0.15, 0.2) is 17.6 Å². The SMILES string of the molecule is CCOc1ccc(C(=O)Oc2ccc(/C=N\NC(=O)[C@H](C)Oc3ccc(Br)cc3)cc2OC)cc1. The van der Waals surface area contributed by atoms with Gasteiger partial charge in [-0.2, -0.15) is 5.10 Å². The molecule has 0 saturated carbocycles. The van der Waals surface area contributed by atoms with Crippen molar-refractivity contribution in [1.29, 1.82) is 0 Å². The number of hydrogen-bond donors (Lipinski definition) is 1. The van der Waals surface area contributed by atoms with E-state index >= 15 is 0 Å². The number of hydrazone groups is 1. The average Bonchev–Trinajstić information content (AvgIpc) is 2.86. The third kappa shape index (κ3) is 7.58. The Hall–Kier alpha value is -3.85. The van der Waals surface area contributed by atoms with Crippen LogP contribution in [0.4, 0.5) is 0 Å². The van der Waals surface area contributed by atoms with E-state index in [4.69, 9.17) is 18.9 Å². The van der Waals surface area contributed by atoms with Crippen molar-refractivity contribution in [2.24, 2.45) is 5.10 Å². The number of amides is 1. The largest absolute Gasteiger partial charge is 0.494 e. The lowest BCUT2D eigenvalue weighted by Gasteiger charge is -2.13. The summed E-state index contributed by atoms with van der Waals surface area (Å²) in [4.78, 5) is 24.7. The molecule has 35 heavy (non-hydrogen) atoms. The number of halogens is 1. The number of hydrogen-bond acceptors (Lipinski definition) is 7. The van der Waals surface area contributed by atoms with E-state index in [0.717, 1.165) is 4.47 Å². The normalized spacial score (nSPS) is 11.5. The van der Waals surface area contributed by atoms with Crippen LogP contribution in [0.25, 0.3) is 0 Å². The molecular weight excluding hydrogens is 516 g/mol. The van der Waals surface area contributed by atoms with Crippen LogP contribution in [-0.2, 0) is 4.79 Å². The van der Waals surface area contributed by atoms with Gasteiger partial charge in [-0.25, -0.2) is 10.2 Å². The summed E-state index contributed by atoms with van der Waals surface area (Å²) < 4.78 is 22.7. The Morgan fingerprint density at radius 1 is 1.00 bits per heavy atom. The number of rotatable bonds is 10. The Bertz CT molecular complexity index is 1180. The van der Waals surface area contributed by atoms with Gasteiger partial charge in [-0.05, 0) is 86.1 Å². The van der Waals surface area contributed by atoms with Crippen molar-refractivity contribution in [3.8, 4) is 23.0 Å². The Morgan fingerprint density at radius 2 is 1.69 bits per heavy atom. The molecule has 0 aliphatic heterocycles. The molecule has 3 rings (SSSR count). The highest BCUT2D eigenvalue weighted by Crippen LogP contribution is 2.28. The zero-order valence-corrected chi connectivity index (χ0v) is 21.1. The highest BCUT2D eigenvalue weighted by molar-refractivity contribution is 9.10. The Kier molecular flexibility index (Phi) is 9.25. The van der Waals surface area contributed by atoms with E-state index in [1.54, 1.807) is 61.5 Å². The molecule has 3 aromatic rings. The first-order chi connectivity index (χ1) is 16.9. The number of methoxy groups -OCH3 is 1. The lowest BCUT2D eigenvalue weighted by atomic mass is 10.2. The van der Waals surface area contributed by atoms with Gasteiger partial charge < -0.3 is 18.9 Å². The first-order valence-electron chi connectivity index (χ1n) is 10.8. The van der Waals surface area contributed by atoms with E-state index in [1.165, 1.54) is 13.3 Å². The molecule has 0 heterocycles. The molecule has 0 spiro atoms. The van der Waals surface area contributed by atoms with Gasteiger partial charge in [-0.15, -0.1) is 0 Å². The summed E-state index contributed by atoms with van der Waals surface area (Å²) in [6.45, 7) is 4.06. The molecule has 0 radical (unpaired) electrons. The van der Waals surface area contributed by atoms with Gasteiger partial charge in [0.1, 0.15) is 11.5 Å². The smallest absolute Gasteiger partial charge is 0.343 e. The van der Waals surface area contributed by atoms with Gasteiger partial charge in [0.2, 0.25) is 0 Å². The summed E-state index contributed by atoms with van der Waals surface area (Å²) in [7, 11) is 1.47. The second kappa shape index (κ2) is 12.6. The molecule has 0 aromatic heterocycles. The van der Waals surface area contributed by atoms with Crippen molar-refractivity contribution >= 4 is 34.0 Å². The van der Waals surface area contributed by atoms with E-state index in [-0.39, 0.29) is 5.75 Å². The minimum absolute atomic E-state index is 0.254. The molecule has 8 nitrogen and oxygen atoms in total. The fourth-order valence-electron chi connectivity index (χ4n) is 2.89. The molecule has 1 atom stereocenters. The zero-order chi connectivity index (χ0) is 25.2. The number of benzene rings is 3. The maximum Gasteiger partial charge on any atom is 0.343 e. The summed E-state index contributed by atoms with van der Waals surface area (Å²) in [5, 5.41) is 3.97. The van der Waals surface area contributed by atoms with Crippen molar-refractivity contribution < 1.29 is 28.5 Å². The molecule has 0 aliphatic rings. The first-order valence-corrected chi connectivity index (χ1v) is 11.6. The lowest BCUT2D eigenvalue weighted by molar-refractivity contribution is -0.127. The van der Waals surface area contributed by atoms with Crippen LogP contribution >= 0.6 is 15.9 Å². The van der Waals surface area contributed by atoms with Gasteiger partial charge in [0, 0.05) is 4.47 Å². The number of carbonyl (C=O) groups excluding carboxylic acids is 2. The molecule has 0 unspecified atom stereocenters. The van der Waals surface area contributed by atoms with Crippen LogP contribution in [0, 0.1) is 0 Å². The fourth-order valence-corrected chi connectivity index (χ4v) is 3.16. The highest BCUT2D eigenvalue weighted by atomic mass is 79.9. The molecule has 9 heteroatoms. The van der Waals surface area contributed by atoms with Gasteiger partial charge in [0.05, 0.1) is 25.5 Å². The van der Waals surface area contributed by atoms with Gasteiger partial charge in [0.25, 0.3) is 5.91 Å². The van der Waals surface area contributed by atoms with Crippen molar-refractivity contribution in [2.75, 3.05) is 13.7 Å². The summed E-state index contributed by atoms with van der Waals surface area (Å²) in [5.74, 6) is 0.902. The fraction of sp³-hybridized carbons (Fsp3) is 0.192. The number of esters is 1. The van der Waals surface area contributed by atoms with Gasteiger partial charge >= 0.3 is 5.97 Å². The summed E-state index contributed by atoms with van der Waals surface area (Å²) in [5.41, 5.74) is 3.45. The maximum atomic E-state index is 12.5. The van der Waals surface area contributed by atoms with Crippen LogP contribution in [0.2, 0.25) is 0 Å². The van der Waals surface area contributed by atoms with Gasteiger partial charge in [-0.3, -0.25) is 4.79 Å². The minimum atomic E-state index is -0.743. The molecule has 0 fully saturated rings. The predicted octanol–water partition coefficient (Wildman–Crippen LogP) is 4.99. The number of ether oxygens (including phenoxy) is 4. The van der Waals surface area contributed by atoms with Crippen molar-refractivity contribution in [3.05, 3.63) is 82.3 Å². The Labute approximate surface area is 212 Å². The topological polar surface area (TPSA) is 95.5 Å². The molecule has 1 N–H and O–H groups in total. The third-order valence-corrected chi connectivity index (χ3v) is 5.20. The first kappa shape index (κ1) is 25.8. The van der Waals surface area contributed by atoms with Crippen LogP contribution in [0.3, 0.4) is 0 Å². The van der Waals surface area contributed by atoms with E-state index in [9.17, 15) is 9.59 Å². The molecule has 3 aromatic carbocycles.